The van der Waals surface area contributed by atoms with Crippen molar-refractivity contribution in [3.05, 3.63) is 0 Å². The third-order valence-electron chi connectivity index (χ3n) is 6.17. The summed E-state index contributed by atoms with van der Waals surface area (Å²) in [5.41, 5.74) is -2.55. The second kappa shape index (κ2) is 9.51. The number of nitrogens with zero attached hydrogens (tertiary/aromatic N) is 1. The summed E-state index contributed by atoms with van der Waals surface area (Å²) in [6, 6.07) is 0. The van der Waals surface area contributed by atoms with Crippen LogP contribution in [0.3, 0.4) is 0 Å². The van der Waals surface area contributed by atoms with Gasteiger partial charge in [-0.15, -0.1) is 5.06 Å². The molecule has 0 radical (unpaired) electrons. The fourth-order valence-electron chi connectivity index (χ4n) is 5.33. The molecule has 0 saturated carbocycles. The van der Waals surface area contributed by atoms with Crippen LogP contribution in [0.5, 0.6) is 0 Å². The van der Waals surface area contributed by atoms with E-state index in [1.165, 1.54) is 0 Å². The van der Waals surface area contributed by atoms with Crippen LogP contribution in [0.4, 0.5) is 0 Å². The standard InChI is InChI=1S/C25H48NO9P/c1-15(2)20(36(28,34-21(3,4)5)35-22(6,7)8)26(27)19-18-25(13,33-24(11,12)32-18)17(30-19)16-14-29-23(9,10)31-16/h15-20,27H,14H2,1-13H3/t16-,17-,18-,19+,20+,25+/m1/s1. The molecule has 0 spiro atoms. The van der Waals surface area contributed by atoms with Gasteiger partial charge in [0.25, 0.3) is 0 Å². The Labute approximate surface area is 216 Å². The Morgan fingerprint density at radius 3 is 1.86 bits per heavy atom. The van der Waals surface area contributed by atoms with Crippen molar-refractivity contribution in [1.29, 1.82) is 0 Å². The summed E-state index contributed by atoms with van der Waals surface area (Å²) in [6.45, 7) is 24.1. The van der Waals surface area contributed by atoms with Crippen molar-refractivity contribution >= 4 is 7.60 Å². The van der Waals surface area contributed by atoms with E-state index in [-0.39, 0.29) is 5.92 Å². The van der Waals surface area contributed by atoms with Gasteiger partial charge in [0.2, 0.25) is 0 Å². The van der Waals surface area contributed by atoms with Crippen LogP contribution in [-0.4, -0.2) is 75.6 Å². The zero-order valence-corrected chi connectivity index (χ0v) is 25.2. The highest BCUT2D eigenvalue weighted by molar-refractivity contribution is 7.54. The zero-order chi connectivity index (χ0) is 27.7. The largest absolute Gasteiger partial charge is 0.351 e. The summed E-state index contributed by atoms with van der Waals surface area (Å²) < 4.78 is 57.7. The minimum absolute atomic E-state index is 0.300. The molecule has 0 aromatic rings. The maximum atomic E-state index is 14.5. The van der Waals surface area contributed by atoms with Crippen molar-refractivity contribution in [3.63, 3.8) is 0 Å². The van der Waals surface area contributed by atoms with Crippen LogP contribution in [-0.2, 0) is 37.3 Å². The Bertz CT molecular complexity index is 829. The molecular weight excluding hydrogens is 489 g/mol. The molecule has 11 heteroatoms. The van der Waals surface area contributed by atoms with E-state index in [1.807, 2.05) is 48.5 Å². The van der Waals surface area contributed by atoms with Gasteiger partial charge in [-0.25, -0.2) is 0 Å². The minimum atomic E-state index is -3.95. The maximum Gasteiger partial charge on any atom is 0.351 e. The van der Waals surface area contributed by atoms with Crippen molar-refractivity contribution in [3.8, 4) is 0 Å². The number of fused-ring (bicyclic) bond motifs is 1. The summed E-state index contributed by atoms with van der Waals surface area (Å²) in [6.07, 6.45) is -2.81. The number of ether oxygens (including phenoxy) is 5. The molecule has 3 heterocycles. The summed E-state index contributed by atoms with van der Waals surface area (Å²) in [5, 5.41) is 12.7. The minimum Gasteiger partial charge on any atom is -0.349 e. The van der Waals surface area contributed by atoms with E-state index in [0.717, 1.165) is 5.06 Å². The highest BCUT2D eigenvalue weighted by Crippen LogP contribution is 2.62. The molecule has 3 aliphatic rings. The van der Waals surface area contributed by atoms with Gasteiger partial charge in [-0.1, -0.05) is 13.8 Å². The molecule has 212 valence electrons. The molecule has 36 heavy (non-hydrogen) atoms. The van der Waals surface area contributed by atoms with Gasteiger partial charge in [-0.05, 0) is 82.1 Å². The molecule has 3 rings (SSSR count). The quantitative estimate of drug-likeness (QED) is 0.341. The maximum absolute atomic E-state index is 14.5. The van der Waals surface area contributed by atoms with Crippen molar-refractivity contribution in [2.75, 3.05) is 6.61 Å². The van der Waals surface area contributed by atoms with Crippen LogP contribution in [0.2, 0.25) is 0 Å². The Kier molecular flexibility index (Phi) is 8.03. The number of rotatable bonds is 7. The van der Waals surface area contributed by atoms with E-state index in [4.69, 9.17) is 32.7 Å². The SMILES string of the molecule is CC(C)[C@@H](N(O)[C@H]1O[C@H]([C@H]2COC(C)(C)O2)[C@]2(C)OC(C)(C)O[C@H]12)P(=O)(OC(C)(C)C)OC(C)(C)C. The molecule has 0 aromatic carbocycles. The van der Waals surface area contributed by atoms with Gasteiger partial charge in [0.15, 0.2) is 17.8 Å². The van der Waals surface area contributed by atoms with Gasteiger partial charge in [-0.2, -0.15) is 0 Å². The molecule has 3 fully saturated rings. The highest BCUT2D eigenvalue weighted by Gasteiger charge is 2.68. The molecule has 0 aliphatic carbocycles. The fourth-order valence-corrected chi connectivity index (χ4v) is 8.26. The predicted octanol–water partition coefficient (Wildman–Crippen LogP) is 5.27. The zero-order valence-electron chi connectivity index (χ0n) is 24.3. The number of hydrogen-bond donors (Lipinski definition) is 1. The summed E-state index contributed by atoms with van der Waals surface area (Å²) >= 11 is 0. The summed E-state index contributed by atoms with van der Waals surface area (Å²) in [7, 11) is -3.95. The van der Waals surface area contributed by atoms with Crippen LogP contribution in [0.25, 0.3) is 0 Å². The lowest BCUT2D eigenvalue weighted by Gasteiger charge is -2.42. The van der Waals surface area contributed by atoms with Gasteiger partial charge in [0.1, 0.15) is 29.7 Å². The molecule has 1 N–H and O–H groups in total. The van der Waals surface area contributed by atoms with Crippen LogP contribution in [0, 0.1) is 5.92 Å². The first-order valence-electron chi connectivity index (χ1n) is 12.8. The Balaban J connectivity index is 2.02. The van der Waals surface area contributed by atoms with Crippen molar-refractivity contribution in [2.45, 2.75) is 149 Å². The summed E-state index contributed by atoms with van der Waals surface area (Å²) in [5.74, 6) is -3.09. The molecule has 3 saturated heterocycles. The van der Waals surface area contributed by atoms with E-state index in [1.54, 1.807) is 41.5 Å². The monoisotopic (exact) mass is 537 g/mol. The highest BCUT2D eigenvalue weighted by atomic mass is 31.2. The predicted molar refractivity (Wildman–Crippen MR) is 134 cm³/mol. The molecule has 0 bridgehead atoms. The molecule has 0 amide bonds. The van der Waals surface area contributed by atoms with Crippen LogP contribution in [0.1, 0.15) is 90.0 Å². The second-order valence-corrected chi connectivity index (χ2v) is 15.5. The Morgan fingerprint density at radius 1 is 0.917 bits per heavy atom. The van der Waals surface area contributed by atoms with Gasteiger partial charge in [0, 0.05) is 0 Å². The molecule has 3 aliphatic heterocycles. The van der Waals surface area contributed by atoms with Crippen LogP contribution < -0.4 is 0 Å². The van der Waals surface area contributed by atoms with Gasteiger partial charge >= 0.3 is 7.60 Å². The second-order valence-electron chi connectivity index (χ2n) is 13.5. The van der Waals surface area contributed by atoms with Gasteiger partial charge in [-0.3, -0.25) is 4.57 Å². The first-order chi connectivity index (χ1) is 16.0. The lowest BCUT2D eigenvalue weighted by Crippen LogP contribution is -2.52. The van der Waals surface area contributed by atoms with Crippen molar-refractivity contribution < 1.29 is 42.5 Å². The smallest absolute Gasteiger partial charge is 0.349 e. The average molecular weight is 538 g/mol. The first kappa shape index (κ1) is 30.4. The molecule has 0 unspecified atom stereocenters. The topological polar surface area (TPSA) is 105 Å². The van der Waals surface area contributed by atoms with E-state index >= 15 is 0 Å². The lowest BCUT2D eigenvalue weighted by atomic mass is 9.91. The lowest BCUT2D eigenvalue weighted by molar-refractivity contribution is -0.283. The normalized spacial score (nSPS) is 35.6. The van der Waals surface area contributed by atoms with E-state index in [9.17, 15) is 9.77 Å². The number of hydrogen-bond acceptors (Lipinski definition) is 10. The third-order valence-corrected chi connectivity index (χ3v) is 9.26. The average Bonchev–Trinajstić information content (AvgIpc) is 3.15. The number of hydroxylamine groups is 2. The third kappa shape index (κ3) is 6.36. The van der Waals surface area contributed by atoms with Gasteiger partial charge in [0.05, 0.1) is 17.8 Å². The molecule has 6 atom stereocenters. The van der Waals surface area contributed by atoms with Crippen molar-refractivity contribution in [1.82, 2.24) is 5.06 Å². The molecular formula is C25H48NO9P. The molecule has 10 nitrogen and oxygen atoms in total. The van der Waals surface area contributed by atoms with Crippen LogP contribution in [0.15, 0.2) is 0 Å². The van der Waals surface area contributed by atoms with Gasteiger partial charge < -0.3 is 37.9 Å². The van der Waals surface area contributed by atoms with E-state index in [2.05, 4.69) is 0 Å². The fraction of sp³-hybridized carbons (Fsp3) is 1.00. The van der Waals surface area contributed by atoms with E-state index < -0.39 is 66.3 Å². The van der Waals surface area contributed by atoms with Crippen LogP contribution >= 0.6 is 7.60 Å². The summed E-state index contributed by atoms with van der Waals surface area (Å²) in [4.78, 5) is 0. The Hall–Kier alpha value is -0.130. The van der Waals surface area contributed by atoms with E-state index in [0.29, 0.717) is 6.61 Å². The Morgan fingerprint density at radius 2 is 1.44 bits per heavy atom. The first-order valence-corrected chi connectivity index (χ1v) is 14.4. The van der Waals surface area contributed by atoms with Crippen molar-refractivity contribution in [2.24, 2.45) is 5.92 Å². The molecule has 0 aromatic heterocycles.